The minimum atomic E-state index is -0.0633. The number of nitrogens with zero attached hydrogens (tertiary/aromatic N) is 4. The molecule has 0 aliphatic carbocycles. The Bertz CT molecular complexity index is 733. The van der Waals surface area contributed by atoms with E-state index in [9.17, 15) is 4.79 Å². The van der Waals surface area contributed by atoms with E-state index in [0.29, 0.717) is 5.82 Å². The molecule has 0 saturated heterocycles. The molecule has 0 aliphatic rings. The Morgan fingerprint density at radius 1 is 1.29 bits per heavy atom. The summed E-state index contributed by atoms with van der Waals surface area (Å²) in [6.07, 6.45) is 3.40. The number of rotatable bonds is 1. The zero-order chi connectivity index (χ0) is 11.8. The number of aryl methyl sites for hydroxylation is 1. The highest BCUT2D eigenvalue weighted by atomic mass is 32.1. The van der Waals surface area contributed by atoms with E-state index in [1.807, 2.05) is 0 Å². The molecule has 0 saturated carbocycles. The number of fused-ring (bicyclic) bond motifs is 1. The maximum Gasteiger partial charge on any atom is 0.250 e. The predicted molar refractivity (Wildman–Crippen MR) is 65.9 cm³/mol. The molecule has 0 atom stereocenters. The van der Waals surface area contributed by atoms with Gasteiger partial charge < -0.3 is 4.57 Å². The van der Waals surface area contributed by atoms with Gasteiger partial charge in [0, 0.05) is 19.3 Å². The van der Waals surface area contributed by atoms with E-state index in [0.717, 1.165) is 15.9 Å². The van der Waals surface area contributed by atoms with Gasteiger partial charge in [-0.25, -0.2) is 9.97 Å². The van der Waals surface area contributed by atoms with Gasteiger partial charge in [-0.15, -0.1) is 11.3 Å². The van der Waals surface area contributed by atoms with Crippen molar-refractivity contribution in [2.45, 2.75) is 0 Å². The van der Waals surface area contributed by atoms with E-state index >= 15 is 0 Å². The summed E-state index contributed by atoms with van der Waals surface area (Å²) in [5.41, 5.74) is 3.16. The van der Waals surface area contributed by atoms with Crippen LogP contribution in [0.3, 0.4) is 0 Å². The van der Waals surface area contributed by atoms with E-state index in [4.69, 9.17) is 0 Å². The van der Waals surface area contributed by atoms with Crippen LogP contribution in [0.5, 0.6) is 0 Å². The van der Waals surface area contributed by atoms with Gasteiger partial charge >= 0.3 is 0 Å². The molecule has 0 aromatic carbocycles. The molecule has 3 aromatic heterocycles. The lowest BCUT2D eigenvalue weighted by Crippen LogP contribution is -2.15. The lowest BCUT2D eigenvalue weighted by molar-refractivity contribution is 0.898. The fraction of sp³-hybridized carbons (Fsp3) is 0.0909. The van der Waals surface area contributed by atoms with Crippen LogP contribution in [-0.2, 0) is 7.05 Å². The monoisotopic (exact) mass is 244 g/mol. The van der Waals surface area contributed by atoms with Crippen molar-refractivity contribution < 1.29 is 0 Å². The van der Waals surface area contributed by atoms with Crippen LogP contribution in [0.2, 0.25) is 0 Å². The van der Waals surface area contributed by atoms with E-state index in [2.05, 4.69) is 15.0 Å². The molecule has 5 nitrogen and oxygen atoms in total. The average molecular weight is 244 g/mol. The lowest BCUT2D eigenvalue weighted by atomic mass is 10.3. The number of hydrogen-bond acceptors (Lipinski definition) is 5. The molecule has 0 amide bonds. The van der Waals surface area contributed by atoms with Crippen molar-refractivity contribution in [1.29, 1.82) is 0 Å². The molecule has 3 heterocycles. The molecule has 0 aliphatic heterocycles. The summed E-state index contributed by atoms with van der Waals surface area (Å²) < 4.78 is 1.53. The summed E-state index contributed by atoms with van der Waals surface area (Å²) in [5.74, 6) is 0.638. The third kappa shape index (κ3) is 1.62. The molecule has 0 unspecified atom stereocenters. The molecular weight excluding hydrogens is 236 g/mol. The van der Waals surface area contributed by atoms with Gasteiger partial charge in [-0.05, 0) is 6.07 Å². The van der Waals surface area contributed by atoms with E-state index in [1.54, 1.807) is 31.0 Å². The van der Waals surface area contributed by atoms with Crippen molar-refractivity contribution >= 4 is 22.4 Å². The summed E-state index contributed by atoms with van der Waals surface area (Å²) in [4.78, 5) is 25.0. The maximum absolute atomic E-state index is 11.4. The van der Waals surface area contributed by atoms with Gasteiger partial charge in [-0.3, -0.25) is 9.78 Å². The first kappa shape index (κ1) is 10.1. The third-order valence-electron chi connectivity index (χ3n) is 2.53. The van der Waals surface area contributed by atoms with Gasteiger partial charge in [0.25, 0.3) is 5.56 Å². The van der Waals surface area contributed by atoms with E-state index in [-0.39, 0.29) is 5.56 Å². The molecule has 0 spiro atoms. The molecule has 84 valence electrons. The van der Waals surface area contributed by atoms with Crippen LogP contribution in [0.25, 0.3) is 21.7 Å². The number of aromatic nitrogens is 4. The van der Waals surface area contributed by atoms with Crippen LogP contribution in [0.1, 0.15) is 0 Å². The van der Waals surface area contributed by atoms with Gasteiger partial charge in [-0.2, -0.15) is 0 Å². The van der Waals surface area contributed by atoms with Crippen LogP contribution in [0, 0.1) is 0 Å². The first-order valence-electron chi connectivity index (χ1n) is 4.97. The smallest absolute Gasteiger partial charge is 0.250 e. The molecule has 3 aromatic rings. The minimum absolute atomic E-state index is 0.0633. The molecule has 3 rings (SSSR count). The van der Waals surface area contributed by atoms with Crippen LogP contribution in [0.15, 0.2) is 34.8 Å². The molecule has 6 heteroatoms. The second kappa shape index (κ2) is 3.74. The van der Waals surface area contributed by atoms with Crippen LogP contribution < -0.4 is 5.56 Å². The van der Waals surface area contributed by atoms with Crippen LogP contribution in [-0.4, -0.2) is 19.5 Å². The number of hydrogen-bond donors (Lipinski definition) is 0. The Kier molecular flexibility index (Phi) is 2.22. The number of pyridine rings is 1. The molecule has 0 bridgehead atoms. The topological polar surface area (TPSA) is 60.7 Å². The third-order valence-corrected chi connectivity index (χ3v) is 3.30. The Hall–Kier alpha value is -2.08. The molecule has 0 fully saturated rings. The van der Waals surface area contributed by atoms with Gasteiger partial charge in [0.1, 0.15) is 0 Å². The summed E-state index contributed by atoms with van der Waals surface area (Å²) in [5, 5.41) is 0. The van der Waals surface area contributed by atoms with Gasteiger partial charge in [-0.1, -0.05) is 0 Å². The van der Waals surface area contributed by atoms with Crippen molar-refractivity contribution in [3.63, 3.8) is 0 Å². The lowest BCUT2D eigenvalue weighted by Gasteiger charge is -2.03. The summed E-state index contributed by atoms with van der Waals surface area (Å²) in [7, 11) is 1.71. The molecule has 0 radical (unpaired) electrons. The predicted octanol–water partition coefficient (Wildman–Crippen LogP) is 1.45. The van der Waals surface area contributed by atoms with Gasteiger partial charge in [0.15, 0.2) is 5.82 Å². The zero-order valence-electron chi connectivity index (χ0n) is 8.99. The maximum atomic E-state index is 11.4. The largest absolute Gasteiger partial charge is 0.309 e. The van der Waals surface area contributed by atoms with E-state index < -0.39 is 0 Å². The quantitative estimate of drug-likeness (QED) is 0.650. The minimum Gasteiger partial charge on any atom is -0.309 e. The normalized spacial score (nSPS) is 10.9. The molecule has 0 N–H and O–H groups in total. The summed E-state index contributed by atoms with van der Waals surface area (Å²) >= 11 is 1.49. The fourth-order valence-electron chi connectivity index (χ4n) is 1.60. The highest BCUT2D eigenvalue weighted by Gasteiger charge is 2.06. The van der Waals surface area contributed by atoms with Crippen molar-refractivity contribution in [3.8, 4) is 10.7 Å². The zero-order valence-corrected chi connectivity index (χ0v) is 9.81. The van der Waals surface area contributed by atoms with Crippen molar-refractivity contribution in [2.75, 3.05) is 0 Å². The Labute approximate surface area is 100 Å². The van der Waals surface area contributed by atoms with Crippen molar-refractivity contribution in [3.05, 3.63) is 40.4 Å². The Balaban J connectivity index is 2.28. The summed E-state index contributed by atoms with van der Waals surface area (Å²) in [6, 6.07) is 3.22. The van der Waals surface area contributed by atoms with Crippen molar-refractivity contribution in [1.82, 2.24) is 19.5 Å². The average Bonchev–Trinajstić information content (AvgIpc) is 2.87. The summed E-state index contributed by atoms with van der Waals surface area (Å²) in [6.45, 7) is 0. The second-order valence-corrected chi connectivity index (χ2v) is 4.45. The number of thiazole rings is 1. The van der Waals surface area contributed by atoms with E-state index in [1.165, 1.54) is 22.0 Å². The Morgan fingerprint density at radius 2 is 2.18 bits per heavy atom. The Morgan fingerprint density at radius 3 is 2.94 bits per heavy atom. The first-order valence-corrected chi connectivity index (χ1v) is 5.85. The fourth-order valence-corrected chi connectivity index (χ4v) is 2.16. The SMILES string of the molecule is Cn1c(=O)ccc2nc(-c3cncs3)ncc21. The highest BCUT2D eigenvalue weighted by molar-refractivity contribution is 7.13. The van der Waals surface area contributed by atoms with Gasteiger partial charge in [0.2, 0.25) is 0 Å². The van der Waals surface area contributed by atoms with Gasteiger partial charge in [0.05, 0.1) is 27.6 Å². The molecular formula is C11H8N4OS. The highest BCUT2D eigenvalue weighted by Crippen LogP contribution is 2.20. The van der Waals surface area contributed by atoms with Crippen LogP contribution >= 0.6 is 11.3 Å². The second-order valence-electron chi connectivity index (χ2n) is 3.56. The standard InChI is InChI=1S/C11H8N4OS/c1-15-8-4-13-11(9-5-12-6-17-9)14-7(8)2-3-10(15)16/h2-6H,1H3. The van der Waals surface area contributed by atoms with Crippen LogP contribution in [0.4, 0.5) is 0 Å². The van der Waals surface area contributed by atoms with Crippen molar-refractivity contribution in [2.24, 2.45) is 7.05 Å². The molecule has 17 heavy (non-hydrogen) atoms. The first-order chi connectivity index (χ1) is 8.25.